The maximum Gasteiger partial charge on any atom is 0.222 e. The minimum Gasteiger partial charge on any atom is -0.389 e. The number of hydrogen-bond acceptors (Lipinski definition) is 3. The van der Waals surface area contributed by atoms with Gasteiger partial charge < -0.3 is 15.3 Å². The molecule has 2 saturated heterocycles. The summed E-state index contributed by atoms with van der Waals surface area (Å²) in [5.41, 5.74) is -0.468. The Kier molecular flexibility index (Phi) is 4.85. The second-order valence-corrected chi connectivity index (χ2v) is 7.37. The van der Waals surface area contributed by atoms with E-state index in [1.54, 1.807) is 0 Å². The van der Waals surface area contributed by atoms with Gasteiger partial charge >= 0.3 is 0 Å². The number of aliphatic hydroxyl groups is 1. The summed E-state index contributed by atoms with van der Waals surface area (Å²) in [7, 11) is 0. The summed E-state index contributed by atoms with van der Waals surface area (Å²) in [5.74, 6) is 1.37. The summed E-state index contributed by atoms with van der Waals surface area (Å²) < 4.78 is 0. The largest absolute Gasteiger partial charge is 0.389 e. The molecule has 0 aromatic rings. The molecule has 2 unspecified atom stereocenters. The molecule has 0 radical (unpaired) electrons. The number of rotatable bonds is 3. The molecule has 1 amide bonds. The van der Waals surface area contributed by atoms with Crippen LogP contribution in [0.1, 0.15) is 57.8 Å². The van der Waals surface area contributed by atoms with Gasteiger partial charge in [0.05, 0.1) is 5.60 Å². The van der Waals surface area contributed by atoms with E-state index in [-0.39, 0.29) is 0 Å². The minimum atomic E-state index is -0.468. The van der Waals surface area contributed by atoms with E-state index in [9.17, 15) is 9.90 Å². The number of carbonyl (C=O) groups is 1. The lowest BCUT2D eigenvalue weighted by atomic mass is 9.71. The second kappa shape index (κ2) is 6.66. The summed E-state index contributed by atoms with van der Waals surface area (Å²) >= 11 is 0. The van der Waals surface area contributed by atoms with Crippen molar-refractivity contribution >= 4 is 5.91 Å². The van der Waals surface area contributed by atoms with Gasteiger partial charge in [0.25, 0.3) is 0 Å². The van der Waals surface area contributed by atoms with Gasteiger partial charge in [-0.05, 0) is 57.5 Å². The standard InChI is InChI=1S/C17H30N2O2/c20-16(5-4-14-6-10-18-11-7-14)19-12-9-17(21)8-2-1-3-15(17)13-19/h14-15,18,21H,1-13H2. The number of carbonyl (C=O) groups excluding carboxylic acids is 1. The SMILES string of the molecule is O=C(CCC1CCNCC1)N1CCC2(O)CCCCC2C1. The van der Waals surface area contributed by atoms with Crippen molar-refractivity contribution in [2.45, 2.75) is 63.4 Å². The van der Waals surface area contributed by atoms with Crippen molar-refractivity contribution in [1.29, 1.82) is 0 Å². The molecule has 2 N–H and O–H groups in total. The molecule has 0 spiro atoms. The number of likely N-dealkylation sites (tertiary alicyclic amines) is 1. The molecule has 3 aliphatic rings. The van der Waals surface area contributed by atoms with E-state index in [2.05, 4.69) is 5.32 Å². The first-order valence-corrected chi connectivity index (χ1v) is 8.88. The van der Waals surface area contributed by atoms with Crippen molar-refractivity contribution in [3.05, 3.63) is 0 Å². The molecular weight excluding hydrogens is 264 g/mol. The lowest BCUT2D eigenvalue weighted by Crippen LogP contribution is -2.54. The van der Waals surface area contributed by atoms with Gasteiger partial charge in [0, 0.05) is 25.4 Å². The predicted octanol–water partition coefficient (Wildman–Crippen LogP) is 1.92. The van der Waals surface area contributed by atoms with Crippen LogP contribution >= 0.6 is 0 Å². The maximum atomic E-state index is 12.4. The second-order valence-electron chi connectivity index (χ2n) is 7.37. The molecular formula is C17H30N2O2. The summed E-state index contributed by atoms with van der Waals surface area (Å²) in [5, 5.41) is 14.1. The van der Waals surface area contributed by atoms with Gasteiger partial charge in [-0.3, -0.25) is 4.79 Å². The third kappa shape index (κ3) is 3.59. The Morgan fingerprint density at radius 3 is 2.81 bits per heavy atom. The van der Waals surface area contributed by atoms with Crippen molar-refractivity contribution in [3.63, 3.8) is 0 Å². The number of piperidine rings is 2. The number of amides is 1. The molecule has 0 bridgehead atoms. The Morgan fingerprint density at radius 2 is 2.00 bits per heavy atom. The Balaban J connectivity index is 1.47. The van der Waals surface area contributed by atoms with Crippen molar-refractivity contribution < 1.29 is 9.90 Å². The van der Waals surface area contributed by atoms with Gasteiger partial charge in [-0.1, -0.05) is 12.8 Å². The first-order valence-electron chi connectivity index (χ1n) is 8.88. The fraction of sp³-hybridized carbons (Fsp3) is 0.941. The van der Waals surface area contributed by atoms with Crippen LogP contribution in [0.5, 0.6) is 0 Å². The molecule has 1 saturated carbocycles. The summed E-state index contributed by atoms with van der Waals surface area (Å²) in [6, 6.07) is 0. The molecule has 2 atom stereocenters. The lowest BCUT2D eigenvalue weighted by molar-refractivity contribution is -0.143. The maximum absolute atomic E-state index is 12.4. The molecule has 2 aliphatic heterocycles. The average Bonchev–Trinajstić information content (AvgIpc) is 2.52. The van der Waals surface area contributed by atoms with Crippen molar-refractivity contribution in [2.75, 3.05) is 26.2 Å². The van der Waals surface area contributed by atoms with E-state index in [0.29, 0.717) is 18.2 Å². The Hall–Kier alpha value is -0.610. The van der Waals surface area contributed by atoms with Gasteiger partial charge in [-0.2, -0.15) is 0 Å². The van der Waals surface area contributed by atoms with Crippen LogP contribution in [-0.4, -0.2) is 47.7 Å². The molecule has 3 rings (SSSR count). The average molecular weight is 294 g/mol. The molecule has 0 aromatic heterocycles. The number of fused-ring (bicyclic) bond motifs is 1. The van der Waals surface area contributed by atoms with Gasteiger partial charge in [0.15, 0.2) is 0 Å². The van der Waals surface area contributed by atoms with E-state index < -0.39 is 5.60 Å². The van der Waals surface area contributed by atoms with Crippen LogP contribution in [0.25, 0.3) is 0 Å². The molecule has 21 heavy (non-hydrogen) atoms. The third-order valence-electron chi connectivity index (χ3n) is 6.01. The molecule has 3 fully saturated rings. The highest BCUT2D eigenvalue weighted by molar-refractivity contribution is 5.76. The predicted molar refractivity (Wildman–Crippen MR) is 82.9 cm³/mol. The zero-order chi connectivity index (χ0) is 14.7. The summed E-state index contributed by atoms with van der Waals surface area (Å²) in [6.45, 7) is 3.77. The Labute approximate surface area is 128 Å². The monoisotopic (exact) mass is 294 g/mol. The first kappa shape index (κ1) is 15.3. The Morgan fingerprint density at radius 1 is 1.19 bits per heavy atom. The molecule has 2 heterocycles. The minimum absolute atomic E-state index is 0.321. The van der Waals surface area contributed by atoms with Crippen molar-refractivity contribution in [3.8, 4) is 0 Å². The van der Waals surface area contributed by atoms with Crippen molar-refractivity contribution in [2.24, 2.45) is 11.8 Å². The summed E-state index contributed by atoms with van der Waals surface area (Å²) in [4.78, 5) is 14.5. The number of hydrogen-bond donors (Lipinski definition) is 2. The van der Waals surface area contributed by atoms with Gasteiger partial charge in [-0.25, -0.2) is 0 Å². The zero-order valence-corrected chi connectivity index (χ0v) is 13.1. The van der Waals surface area contributed by atoms with Crippen LogP contribution in [0, 0.1) is 11.8 Å². The van der Waals surface area contributed by atoms with Crippen LogP contribution in [0.4, 0.5) is 0 Å². The van der Waals surface area contributed by atoms with Crippen LogP contribution in [-0.2, 0) is 4.79 Å². The summed E-state index contributed by atoms with van der Waals surface area (Å²) in [6.07, 6.45) is 9.37. The quantitative estimate of drug-likeness (QED) is 0.836. The van der Waals surface area contributed by atoms with Gasteiger partial charge in [0.2, 0.25) is 5.91 Å². The van der Waals surface area contributed by atoms with Gasteiger partial charge in [0.1, 0.15) is 0 Å². The molecule has 120 valence electrons. The zero-order valence-electron chi connectivity index (χ0n) is 13.1. The Bertz CT molecular complexity index is 368. The van der Waals surface area contributed by atoms with E-state index in [1.165, 1.54) is 19.3 Å². The lowest BCUT2D eigenvalue weighted by Gasteiger charge is -2.47. The number of nitrogens with one attached hydrogen (secondary N) is 1. The third-order valence-corrected chi connectivity index (χ3v) is 6.01. The van der Waals surface area contributed by atoms with Crippen LogP contribution in [0.3, 0.4) is 0 Å². The highest BCUT2D eigenvalue weighted by atomic mass is 16.3. The highest BCUT2D eigenvalue weighted by Crippen LogP contribution is 2.39. The van der Waals surface area contributed by atoms with E-state index >= 15 is 0 Å². The molecule has 1 aliphatic carbocycles. The molecule has 4 heteroatoms. The van der Waals surface area contributed by atoms with Crippen molar-refractivity contribution in [1.82, 2.24) is 10.2 Å². The van der Waals surface area contributed by atoms with Gasteiger partial charge in [-0.15, -0.1) is 0 Å². The fourth-order valence-electron chi connectivity index (χ4n) is 4.45. The van der Waals surface area contributed by atoms with E-state index in [0.717, 1.165) is 64.2 Å². The normalized spacial score (nSPS) is 34.5. The van der Waals surface area contributed by atoms with Crippen LogP contribution in [0.15, 0.2) is 0 Å². The van der Waals surface area contributed by atoms with Crippen LogP contribution < -0.4 is 5.32 Å². The molecule has 4 nitrogen and oxygen atoms in total. The van der Waals surface area contributed by atoms with Crippen LogP contribution in [0.2, 0.25) is 0 Å². The van der Waals surface area contributed by atoms with E-state index in [1.807, 2.05) is 4.90 Å². The fourth-order valence-corrected chi connectivity index (χ4v) is 4.45. The molecule has 0 aromatic carbocycles. The number of nitrogens with zero attached hydrogens (tertiary/aromatic N) is 1. The van der Waals surface area contributed by atoms with E-state index in [4.69, 9.17) is 0 Å². The smallest absolute Gasteiger partial charge is 0.222 e. The highest BCUT2D eigenvalue weighted by Gasteiger charge is 2.43. The topological polar surface area (TPSA) is 52.6 Å². The first-order chi connectivity index (χ1) is 10.2.